The van der Waals surface area contributed by atoms with E-state index in [-0.39, 0.29) is 5.91 Å². The third kappa shape index (κ3) is 5.47. The first-order chi connectivity index (χ1) is 10.0. The van der Waals surface area contributed by atoms with E-state index in [0.29, 0.717) is 11.7 Å². The van der Waals surface area contributed by atoms with Gasteiger partial charge in [-0.05, 0) is 24.7 Å². The van der Waals surface area contributed by atoms with Crippen LogP contribution in [0.2, 0.25) is 0 Å². The Morgan fingerprint density at radius 1 is 1.43 bits per heavy atom. The Morgan fingerprint density at radius 2 is 2.14 bits per heavy atom. The summed E-state index contributed by atoms with van der Waals surface area (Å²) in [7, 11) is 0. The number of carbonyl (C=O) groups excluding carboxylic acids is 1. The third-order valence-electron chi connectivity index (χ3n) is 3.52. The zero-order chi connectivity index (χ0) is 15.2. The molecule has 1 amide bonds. The maximum absolute atomic E-state index is 12.1. The number of nitrogens with one attached hydrogen (secondary N) is 1. The molecule has 2 heterocycles. The highest BCUT2D eigenvalue weighted by atomic mass is 32.2. The molecule has 1 aliphatic rings. The Kier molecular flexibility index (Phi) is 6.29. The van der Waals surface area contributed by atoms with Gasteiger partial charge >= 0.3 is 0 Å². The lowest BCUT2D eigenvalue weighted by Gasteiger charge is -2.30. The zero-order valence-corrected chi connectivity index (χ0v) is 14.6. The number of amides is 1. The molecule has 1 aromatic heterocycles. The molecular formula is C14H24N4OS2. The van der Waals surface area contributed by atoms with Gasteiger partial charge in [0.25, 0.3) is 0 Å². The number of anilines is 1. The normalized spacial score (nSPS) is 16.5. The van der Waals surface area contributed by atoms with Crippen LogP contribution >= 0.6 is 23.1 Å². The van der Waals surface area contributed by atoms with E-state index in [0.717, 1.165) is 47.9 Å². The summed E-state index contributed by atoms with van der Waals surface area (Å²) in [5.74, 6) is 2.01. The van der Waals surface area contributed by atoms with Crippen molar-refractivity contribution in [3.8, 4) is 0 Å². The SMILES string of the molecule is CC(C)CNc1nnc(SCC(=O)N2CCC(C)CC2)s1. The van der Waals surface area contributed by atoms with Gasteiger partial charge in [0.1, 0.15) is 0 Å². The van der Waals surface area contributed by atoms with E-state index in [1.165, 1.54) is 23.1 Å². The van der Waals surface area contributed by atoms with Gasteiger partial charge in [0.2, 0.25) is 11.0 Å². The van der Waals surface area contributed by atoms with Gasteiger partial charge in [0, 0.05) is 19.6 Å². The number of rotatable bonds is 6. The average Bonchev–Trinajstić information content (AvgIpc) is 2.91. The number of carbonyl (C=O) groups is 1. The Labute approximate surface area is 134 Å². The van der Waals surface area contributed by atoms with E-state index >= 15 is 0 Å². The fourth-order valence-corrected chi connectivity index (χ4v) is 3.77. The van der Waals surface area contributed by atoms with Crippen LogP contribution in [0.5, 0.6) is 0 Å². The van der Waals surface area contributed by atoms with Gasteiger partial charge in [-0.3, -0.25) is 4.79 Å². The molecule has 0 unspecified atom stereocenters. The quantitative estimate of drug-likeness (QED) is 0.814. The molecular weight excluding hydrogens is 304 g/mol. The summed E-state index contributed by atoms with van der Waals surface area (Å²) in [5.41, 5.74) is 0. The van der Waals surface area contributed by atoms with Crippen molar-refractivity contribution < 1.29 is 4.79 Å². The lowest BCUT2D eigenvalue weighted by atomic mass is 9.99. The zero-order valence-electron chi connectivity index (χ0n) is 13.0. The van der Waals surface area contributed by atoms with E-state index < -0.39 is 0 Å². The van der Waals surface area contributed by atoms with E-state index in [1.54, 1.807) is 0 Å². The van der Waals surface area contributed by atoms with Crippen LogP contribution in [-0.4, -0.2) is 46.4 Å². The molecule has 0 atom stereocenters. The lowest BCUT2D eigenvalue weighted by Crippen LogP contribution is -2.38. The highest BCUT2D eigenvalue weighted by Gasteiger charge is 2.20. The van der Waals surface area contributed by atoms with Gasteiger partial charge in [-0.25, -0.2) is 0 Å². The number of nitrogens with zero attached hydrogens (tertiary/aromatic N) is 3. The minimum Gasteiger partial charge on any atom is -0.360 e. The number of hydrogen-bond donors (Lipinski definition) is 1. The van der Waals surface area contributed by atoms with Crippen molar-refractivity contribution >= 4 is 34.1 Å². The summed E-state index contributed by atoms with van der Waals surface area (Å²) < 4.78 is 0.861. The van der Waals surface area contributed by atoms with E-state index in [4.69, 9.17) is 0 Å². The number of aromatic nitrogens is 2. The summed E-state index contributed by atoms with van der Waals surface area (Å²) in [6.45, 7) is 9.26. The summed E-state index contributed by atoms with van der Waals surface area (Å²) in [6.07, 6.45) is 2.25. The minimum absolute atomic E-state index is 0.221. The summed E-state index contributed by atoms with van der Waals surface area (Å²) in [6, 6.07) is 0. The van der Waals surface area contributed by atoms with Crippen LogP contribution in [0.1, 0.15) is 33.6 Å². The van der Waals surface area contributed by atoms with Crippen LogP contribution in [0.4, 0.5) is 5.13 Å². The standard InChI is InChI=1S/C14H24N4OS2/c1-10(2)8-15-13-16-17-14(21-13)20-9-12(19)18-6-4-11(3)5-7-18/h10-11H,4-9H2,1-3H3,(H,15,16). The Hall–Kier alpha value is -0.820. The third-order valence-corrected chi connectivity index (χ3v) is 5.52. The topological polar surface area (TPSA) is 58.1 Å². The van der Waals surface area contributed by atoms with Crippen molar-refractivity contribution in [3.63, 3.8) is 0 Å². The van der Waals surface area contributed by atoms with Gasteiger partial charge in [0.05, 0.1) is 5.75 Å². The molecule has 118 valence electrons. The molecule has 0 bridgehead atoms. The first kappa shape index (κ1) is 16.5. The van der Waals surface area contributed by atoms with Gasteiger partial charge in [-0.1, -0.05) is 43.9 Å². The van der Waals surface area contributed by atoms with Crippen LogP contribution in [0.25, 0.3) is 0 Å². The van der Waals surface area contributed by atoms with Crippen molar-refractivity contribution in [1.82, 2.24) is 15.1 Å². The molecule has 2 rings (SSSR count). The van der Waals surface area contributed by atoms with Gasteiger partial charge in [-0.2, -0.15) is 0 Å². The Balaban J connectivity index is 1.73. The van der Waals surface area contributed by atoms with Crippen molar-refractivity contribution in [2.24, 2.45) is 11.8 Å². The van der Waals surface area contributed by atoms with E-state index in [9.17, 15) is 4.79 Å². The van der Waals surface area contributed by atoms with Crippen molar-refractivity contribution in [2.45, 2.75) is 38.0 Å². The molecule has 1 fully saturated rings. The molecule has 5 nitrogen and oxygen atoms in total. The first-order valence-corrected chi connectivity index (χ1v) is 9.32. The Bertz CT molecular complexity index is 456. The second kappa shape index (κ2) is 7.98. The molecule has 7 heteroatoms. The van der Waals surface area contributed by atoms with Gasteiger partial charge < -0.3 is 10.2 Å². The smallest absolute Gasteiger partial charge is 0.233 e. The molecule has 0 radical (unpaired) electrons. The molecule has 1 aromatic rings. The van der Waals surface area contributed by atoms with Crippen molar-refractivity contribution in [2.75, 3.05) is 30.7 Å². The second-order valence-corrected chi connectivity index (χ2v) is 8.20. The molecule has 1 N–H and O–H groups in total. The molecule has 0 saturated carbocycles. The predicted octanol–water partition coefficient (Wildman–Crippen LogP) is 2.96. The van der Waals surface area contributed by atoms with Gasteiger partial charge in [-0.15, -0.1) is 10.2 Å². The molecule has 0 spiro atoms. The van der Waals surface area contributed by atoms with Crippen molar-refractivity contribution in [3.05, 3.63) is 0 Å². The number of piperidine rings is 1. The molecule has 0 aromatic carbocycles. The number of thioether (sulfide) groups is 1. The lowest BCUT2D eigenvalue weighted by molar-refractivity contribution is -0.129. The highest BCUT2D eigenvalue weighted by molar-refractivity contribution is 8.01. The molecule has 1 aliphatic heterocycles. The fourth-order valence-electron chi connectivity index (χ4n) is 2.10. The van der Waals surface area contributed by atoms with Crippen LogP contribution < -0.4 is 5.32 Å². The fraction of sp³-hybridized carbons (Fsp3) is 0.786. The second-order valence-electron chi connectivity index (χ2n) is 6.00. The van der Waals surface area contributed by atoms with Crippen LogP contribution in [0.3, 0.4) is 0 Å². The van der Waals surface area contributed by atoms with Crippen LogP contribution in [0, 0.1) is 11.8 Å². The number of hydrogen-bond acceptors (Lipinski definition) is 6. The molecule has 0 aliphatic carbocycles. The van der Waals surface area contributed by atoms with Crippen LogP contribution in [-0.2, 0) is 4.79 Å². The monoisotopic (exact) mass is 328 g/mol. The molecule has 1 saturated heterocycles. The predicted molar refractivity (Wildman–Crippen MR) is 88.9 cm³/mol. The maximum atomic E-state index is 12.1. The Morgan fingerprint density at radius 3 is 2.81 bits per heavy atom. The largest absolute Gasteiger partial charge is 0.360 e. The summed E-state index contributed by atoms with van der Waals surface area (Å²) >= 11 is 3.01. The summed E-state index contributed by atoms with van der Waals surface area (Å²) in [4.78, 5) is 14.1. The average molecular weight is 329 g/mol. The first-order valence-electron chi connectivity index (χ1n) is 7.52. The van der Waals surface area contributed by atoms with Crippen LogP contribution in [0.15, 0.2) is 4.34 Å². The van der Waals surface area contributed by atoms with E-state index in [1.807, 2.05) is 4.90 Å². The highest BCUT2D eigenvalue weighted by Crippen LogP contribution is 2.26. The van der Waals surface area contributed by atoms with Gasteiger partial charge in [0.15, 0.2) is 4.34 Å². The number of likely N-dealkylation sites (tertiary alicyclic amines) is 1. The molecule has 21 heavy (non-hydrogen) atoms. The minimum atomic E-state index is 0.221. The summed E-state index contributed by atoms with van der Waals surface area (Å²) in [5, 5.41) is 12.3. The van der Waals surface area contributed by atoms with E-state index in [2.05, 4.69) is 36.3 Å². The van der Waals surface area contributed by atoms with Crippen molar-refractivity contribution in [1.29, 1.82) is 0 Å². The maximum Gasteiger partial charge on any atom is 0.233 e.